The van der Waals surface area contributed by atoms with Gasteiger partial charge in [0.15, 0.2) is 5.16 Å². The fraction of sp³-hybridized carbons (Fsp3) is 0.692. The predicted octanol–water partition coefficient (Wildman–Crippen LogP) is 3.23. The molecule has 2 atom stereocenters. The van der Waals surface area contributed by atoms with Gasteiger partial charge in [-0.3, -0.25) is 0 Å². The molecule has 0 amide bonds. The molecule has 1 aromatic rings. The van der Waals surface area contributed by atoms with E-state index in [-0.39, 0.29) is 0 Å². The van der Waals surface area contributed by atoms with E-state index in [0.29, 0.717) is 6.04 Å². The Kier molecular flexibility index (Phi) is 4.69. The topological polar surface area (TPSA) is 49.8 Å². The monoisotopic (exact) mass is 266 g/mol. The molecule has 100 valence electrons. The lowest BCUT2D eigenvalue weighted by atomic mass is 10.3. The van der Waals surface area contributed by atoms with Gasteiger partial charge in [0.1, 0.15) is 11.6 Å². The molecule has 2 rings (SSSR count). The molecular formula is C13H22N4S. The van der Waals surface area contributed by atoms with Gasteiger partial charge >= 0.3 is 0 Å². The van der Waals surface area contributed by atoms with Crippen LogP contribution in [-0.4, -0.2) is 28.8 Å². The number of rotatable bonds is 7. The highest BCUT2D eigenvalue weighted by Crippen LogP contribution is 2.36. The second-order valence-electron chi connectivity index (χ2n) is 4.71. The molecule has 0 aromatic carbocycles. The highest BCUT2D eigenvalue weighted by molar-refractivity contribution is 7.98. The average molecular weight is 266 g/mol. The van der Waals surface area contributed by atoms with Gasteiger partial charge in [-0.15, -0.1) is 0 Å². The molecule has 0 spiro atoms. The summed E-state index contributed by atoms with van der Waals surface area (Å²) in [6.07, 6.45) is 5.63. The van der Waals surface area contributed by atoms with Gasteiger partial charge in [-0.25, -0.2) is 9.97 Å². The second kappa shape index (κ2) is 6.27. The number of hydrogen-bond donors (Lipinski definition) is 2. The van der Waals surface area contributed by atoms with Crippen molar-refractivity contribution in [3.8, 4) is 0 Å². The fourth-order valence-corrected chi connectivity index (χ4v) is 2.38. The van der Waals surface area contributed by atoms with Crippen LogP contribution in [0.4, 0.5) is 11.6 Å². The van der Waals surface area contributed by atoms with Gasteiger partial charge in [0, 0.05) is 18.7 Å². The minimum Gasteiger partial charge on any atom is -0.370 e. The molecular weight excluding hydrogens is 244 g/mol. The van der Waals surface area contributed by atoms with Gasteiger partial charge in [-0.2, -0.15) is 0 Å². The van der Waals surface area contributed by atoms with Crippen molar-refractivity contribution < 1.29 is 0 Å². The standard InChI is InChI=1S/C13H22N4S/c1-4-6-14-11-8-12(17-13(16-11)18-3)15-10-7-9(10)5-2/h8-10H,4-7H2,1-3H3,(H2,14,15,16,17). The van der Waals surface area contributed by atoms with Crippen LogP contribution in [0.15, 0.2) is 11.2 Å². The van der Waals surface area contributed by atoms with Crippen molar-refractivity contribution in [3.63, 3.8) is 0 Å². The molecule has 1 saturated carbocycles. The minimum absolute atomic E-state index is 0.610. The van der Waals surface area contributed by atoms with E-state index < -0.39 is 0 Å². The normalized spacial score (nSPS) is 21.7. The Bertz CT molecular complexity index is 397. The summed E-state index contributed by atoms with van der Waals surface area (Å²) in [7, 11) is 0. The molecule has 2 N–H and O–H groups in total. The van der Waals surface area contributed by atoms with E-state index in [2.05, 4.69) is 34.4 Å². The number of nitrogens with zero attached hydrogens (tertiary/aromatic N) is 2. The number of hydrogen-bond acceptors (Lipinski definition) is 5. The summed E-state index contributed by atoms with van der Waals surface area (Å²) in [5.74, 6) is 2.70. The highest BCUT2D eigenvalue weighted by atomic mass is 32.2. The zero-order valence-electron chi connectivity index (χ0n) is 11.4. The molecule has 0 bridgehead atoms. The smallest absolute Gasteiger partial charge is 0.191 e. The van der Waals surface area contributed by atoms with Crippen LogP contribution in [-0.2, 0) is 0 Å². The number of thioether (sulfide) groups is 1. The Morgan fingerprint density at radius 2 is 2.11 bits per heavy atom. The Labute approximate surface area is 113 Å². The molecule has 1 fully saturated rings. The van der Waals surface area contributed by atoms with Crippen molar-refractivity contribution >= 4 is 23.4 Å². The SMILES string of the molecule is CCCNc1cc(NC2CC2CC)nc(SC)n1. The van der Waals surface area contributed by atoms with Crippen LogP contribution < -0.4 is 10.6 Å². The van der Waals surface area contributed by atoms with Crippen LogP contribution >= 0.6 is 11.8 Å². The number of nitrogens with one attached hydrogen (secondary N) is 2. The molecule has 1 aromatic heterocycles. The first kappa shape index (κ1) is 13.5. The Hall–Kier alpha value is -0.970. The Balaban J connectivity index is 2.03. The van der Waals surface area contributed by atoms with Crippen molar-refractivity contribution in [1.82, 2.24) is 9.97 Å². The van der Waals surface area contributed by atoms with Crippen molar-refractivity contribution in [1.29, 1.82) is 0 Å². The van der Waals surface area contributed by atoms with E-state index in [1.165, 1.54) is 12.8 Å². The zero-order chi connectivity index (χ0) is 13.0. The molecule has 1 heterocycles. The molecule has 0 aliphatic heterocycles. The maximum Gasteiger partial charge on any atom is 0.191 e. The summed E-state index contributed by atoms with van der Waals surface area (Å²) in [6.45, 7) is 5.35. The third kappa shape index (κ3) is 3.51. The Morgan fingerprint density at radius 1 is 1.33 bits per heavy atom. The van der Waals surface area contributed by atoms with Gasteiger partial charge in [-0.1, -0.05) is 32.0 Å². The molecule has 1 aliphatic rings. The van der Waals surface area contributed by atoms with Crippen molar-refractivity contribution in [3.05, 3.63) is 6.07 Å². The predicted molar refractivity (Wildman–Crippen MR) is 78.4 cm³/mol. The quantitative estimate of drug-likeness (QED) is 0.586. The van der Waals surface area contributed by atoms with Crippen LogP contribution in [0.1, 0.15) is 33.1 Å². The molecule has 0 saturated heterocycles. The fourth-order valence-electron chi connectivity index (χ4n) is 2.00. The number of anilines is 2. The molecule has 0 radical (unpaired) electrons. The maximum absolute atomic E-state index is 4.51. The summed E-state index contributed by atoms with van der Waals surface area (Å²) in [5, 5.41) is 7.65. The highest BCUT2D eigenvalue weighted by Gasteiger charge is 2.35. The van der Waals surface area contributed by atoms with Crippen molar-refractivity contribution in [2.45, 2.75) is 44.3 Å². The van der Waals surface area contributed by atoms with Gasteiger partial charge < -0.3 is 10.6 Å². The van der Waals surface area contributed by atoms with Crippen LogP contribution in [0, 0.1) is 5.92 Å². The molecule has 1 aliphatic carbocycles. The van der Waals surface area contributed by atoms with E-state index in [4.69, 9.17) is 0 Å². The van der Waals surface area contributed by atoms with Gasteiger partial charge in [-0.05, 0) is 25.0 Å². The third-order valence-corrected chi connectivity index (χ3v) is 3.77. The summed E-state index contributed by atoms with van der Waals surface area (Å²) in [4.78, 5) is 8.97. The van der Waals surface area contributed by atoms with Gasteiger partial charge in [0.25, 0.3) is 0 Å². The first-order chi connectivity index (χ1) is 8.76. The van der Waals surface area contributed by atoms with E-state index in [0.717, 1.165) is 35.7 Å². The molecule has 5 heteroatoms. The minimum atomic E-state index is 0.610. The van der Waals surface area contributed by atoms with E-state index >= 15 is 0 Å². The van der Waals surface area contributed by atoms with Crippen LogP contribution in [0.5, 0.6) is 0 Å². The molecule has 2 unspecified atom stereocenters. The van der Waals surface area contributed by atoms with Crippen molar-refractivity contribution in [2.24, 2.45) is 5.92 Å². The maximum atomic E-state index is 4.51. The van der Waals surface area contributed by atoms with E-state index in [1.54, 1.807) is 11.8 Å². The van der Waals surface area contributed by atoms with Gasteiger partial charge in [0.2, 0.25) is 0 Å². The summed E-state index contributed by atoms with van der Waals surface area (Å²) >= 11 is 1.58. The first-order valence-electron chi connectivity index (χ1n) is 6.70. The zero-order valence-corrected chi connectivity index (χ0v) is 12.2. The average Bonchev–Trinajstić information content (AvgIpc) is 3.14. The third-order valence-electron chi connectivity index (χ3n) is 3.22. The lowest BCUT2D eigenvalue weighted by Gasteiger charge is -2.10. The van der Waals surface area contributed by atoms with Gasteiger partial charge in [0.05, 0.1) is 0 Å². The van der Waals surface area contributed by atoms with E-state index in [9.17, 15) is 0 Å². The second-order valence-corrected chi connectivity index (χ2v) is 5.48. The molecule has 18 heavy (non-hydrogen) atoms. The first-order valence-corrected chi connectivity index (χ1v) is 7.92. The lowest BCUT2D eigenvalue weighted by molar-refractivity contribution is 0.771. The largest absolute Gasteiger partial charge is 0.370 e. The summed E-state index contributed by atoms with van der Waals surface area (Å²) in [6, 6.07) is 2.62. The van der Waals surface area contributed by atoms with Crippen LogP contribution in [0.3, 0.4) is 0 Å². The molecule has 4 nitrogen and oxygen atoms in total. The van der Waals surface area contributed by atoms with Crippen molar-refractivity contribution in [2.75, 3.05) is 23.4 Å². The summed E-state index contributed by atoms with van der Waals surface area (Å²) < 4.78 is 0. The van der Waals surface area contributed by atoms with Crippen LogP contribution in [0.2, 0.25) is 0 Å². The lowest BCUT2D eigenvalue weighted by Crippen LogP contribution is -2.09. The summed E-state index contributed by atoms with van der Waals surface area (Å²) in [5.41, 5.74) is 0. The Morgan fingerprint density at radius 3 is 2.72 bits per heavy atom. The number of aromatic nitrogens is 2. The van der Waals surface area contributed by atoms with Crippen LogP contribution in [0.25, 0.3) is 0 Å². The van der Waals surface area contributed by atoms with E-state index in [1.807, 2.05) is 12.3 Å².